The zero-order valence-corrected chi connectivity index (χ0v) is 11.0. The summed E-state index contributed by atoms with van der Waals surface area (Å²) in [6, 6.07) is 3.78. The van der Waals surface area contributed by atoms with Crippen molar-refractivity contribution in [2.24, 2.45) is 0 Å². The lowest BCUT2D eigenvalue weighted by molar-refractivity contribution is -0.385. The van der Waals surface area contributed by atoms with E-state index in [4.69, 9.17) is 20.4 Å². The second-order valence-corrected chi connectivity index (χ2v) is 4.48. The second kappa shape index (κ2) is 7.09. The van der Waals surface area contributed by atoms with E-state index in [1.807, 2.05) is 0 Å². The molecule has 0 saturated heterocycles. The van der Waals surface area contributed by atoms with Gasteiger partial charge in [-0.2, -0.15) is 0 Å². The number of nitro benzene ring substituents is 1. The van der Waals surface area contributed by atoms with Gasteiger partial charge >= 0.3 is 5.97 Å². The molecule has 0 saturated carbocycles. The van der Waals surface area contributed by atoms with Crippen molar-refractivity contribution in [1.29, 1.82) is 0 Å². The van der Waals surface area contributed by atoms with Crippen molar-refractivity contribution in [2.75, 3.05) is 19.8 Å². The first-order chi connectivity index (χ1) is 9.90. The SMILES string of the molecule is O=C(O)c1c(CNC(CO)(CO)CO)cccc1[N+](=O)[O-]. The van der Waals surface area contributed by atoms with E-state index in [-0.39, 0.29) is 12.1 Å². The average Bonchev–Trinajstić information content (AvgIpc) is 2.48. The van der Waals surface area contributed by atoms with Gasteiger partial charge in [0.1, 0.15) is 5.56 Å². The fourth-order valence-electron chi connectivity index (χ4n) is 1.73. The van der Waals surface area contributed by atoms with Crippen LogP contribution in [-0.4, -0.2) is 56.7 Å². The van der Waals surface area contributed by atoms with E-state index in [0.717, 1.165) is 6.07 Å². The monoisotopic (exact) mass is 300 g/mol. The fourth-order valence-corrected chi connectivity index (χ4v) is 1.73. The normalized spacial score (nSPS) is 11.4. The third kappa shape index (κ3) is 3.73. The third-order valence-corrected chi connectivity index (χ3v) is 3.10. The lowest BCUT2D eigenvalue weighted by Crippen LogP contribution is -2.54. The van der Waals surface area contributed by atoms with Gasteiger partial charge in [0.15, 0.2) is 0 Å². The molecule has 0 atom stereocenters. The van der Waals surface area contributed by atoms with Crippen LogP contribution in [0.3, 0.4) is 0 Å². The topological polar surface area (TPSA) is 153 Å². The van der Waals surface area contributed by atoms with Crippen molar-refractivity contribution in [2.45, 2.75) is 12.1 Å². The number of carbonyl (C=O) groups is 1. The Morgan fingerprint density at radius 3 is 2.24 bits per heavy atom. The maximum atomic E-state index is 11.2. The van der Waals surface area contributed by atoms with Gasteiger partial charge in [0.05, 0.1) is 30.3 Å². The van der Waals surface area contributed by atoms with Gasteiger partial charge in [-0.25, -0.2) is 4.79 Å². The van der Waals surface area contributed by atoms with Crippen LogP contribution < -0.4 is 5.32 Å². The summed E-state index contributed by atoms with van der Waals surface area (Å²) >= 11 is 0. The molecule has 1 rings (SSSR count). The minimum Gasteiger partial charge on any atom is -0.477 e. The van der Waals surface area contributed by atoms with Gasteiger partial charge in [0.25, 0.3) is 5.69 Å². The summed E-state index contributed by atoms with van der Waals surface area (Å²) in [5, 5.41) is 50.1. The van der Waals surface area contributed by atoms with Crippen LogP contribution in [0.15, 0.2) is 18.2 Å². The van der Waals surface area contributed by atoms with E-state index in [9.17, 15) is 14.9 Å². The number of nitrogens with zero attached hydrogens (tertiary/aromatic N) is 1. The van der Waals surface area contributed by atoms with Crippen molar-refractivity contribution < 1.29 is 30.1 Å². The van der Waals surface area contributed by atoms with E-state index >= 15 is 0 Å². The summed E-state index contributed by atoms with van der Waals surface area (Å²) in [4.78, 5) is 21.2. The number of nitro groups is 1. The van der Waals surface area contributed by atoms with Crippen molar-refractivity contribution in [3.05, 3.63) is 39.4 Å². The van der Waals surface area contributed by atoms with Crippen LogP contribution in [0.1, 0.15) is 15.9 Å². The Morgan fingerprint density at radius 1 is 1.24 bits per heavy atom. The average molecular weight is 300 g/mol. The van der Waals surface area contributed by atoms with Gasteiger partial charge < -0.3 is 25.7 Å². The maximum absolute atomic E-state index is 11.2. The molecule has 9 nitrogen and oxygen atoms in total. The van der Waals surface area contributed by atoms with Gasteiger partial charge in [0, 0.05) is 12.6 Å². The summed E-state index contributed by atoms with van der Waals surface area (Å²) in [6.07, 6.45) is 0. The number of aliphatic hydroxyl groups excluding tert-OH is 3. The molecule has 0 bridgehead atoms. The lowest BCUT2D eigenvalue weighted by atomic mass is 10.0. The molecule has 116 valence electrons. The predicted octanol–water partition coefficient (Wildman–Crippen LogP) is -0.902. The predicted molar refractivity (Wildman–Crippen MR) is 70.9 cm³/mol. The van der Waals surface area contributed by atoms with E-state index in [1.54, 1.807) is 0 Å². The number of rotatable bonds is 8. The Kier molecular flexibility index (Phi) is 5.73. The van der Waals surface area contributed by atoms with Gasteiger partial charge in [-0.05, 0) is 5.56 Å². The molecule has 1 aromatic rings. The largest absolute Gasteiger partial charge is 0.477 e. The molecule has 1 aromatic carbocycles. The summed E-state index contributed by atoms with van der Waals surface area (Å²) < 4.78 is 0. The minimum absolute atomic E-state index is 0.108. The molecule has 9 heteroatoms. The van der Waals surface area contributed by atoms with E-state index in [0.29, 0.717) is 0 Å². The van der Waals surface area contributed by atoms with Crippen LogP contribution in [0, 0.1) is 10.1 Å². The number of carboxylic acid groups (broad SMARTS) is 1. The number of hydrogen-bond donors (Lipinski definition) is 5. The minimum atomic E-state index is -1.46. The molecule has 0 fully saturated rings. The highest BCUT2D eigenvalue weighted by molar-refractivity contribution is 5.94. The molecule has 0 unspecified atom stereocenters. The molecule has 0 aliphatic carbocycles. The van der Waals surface area contributed by atoms with Crippen LogP contribution >= 0.6 is 0 Å². The van der Waals surface area contributed by atoms with Crippen molar-refractivity contribution in [3.63, 3.8) is 0 Å². The molecule has 0 spiro atoms. The van der Waals surface area contributed by atoms with Gasteiger partial charge in [0.2, 0.25) is 0 Å². The number of carboxylic acids is 1. The molecule has 5 N–H and O–H groups in total. The van der Waals surface area contributed by atoms with Crippen molar-refractivity contribution in [3.8, 4) is 0 Å². The van der Waals surface area contributed by atoms with E-state index in [1.165, 1.54) is 12.1 Å². The number of aromatic carboxylic acids is 1. The first-order valence-corrected chi connectivity index (χ1v) is 5.98. The highest BCUT2D eigenvalue weighted by atomic mass is 16.6. The molecule has 0 aliphatic rings. The van der Waals surface area contributed by atoms with Gasteiger partial charge in [-0.15, -0.1) is 0 Å². The second-order valence-electron chi connectivity index (χ2n) is 4.48. The molecular weight excluding hydrogens is 284 g/mol. The van der Waals surface area contributed by atoms with Crippen LogP contribution in [0.5, 0.6) is 0 Å². The number of aliphatic hydroxyl groups is 3. The fraction of sp³-hybridized carbons (Fsp3) is 0.417. The molecule has 0 radical (unpaired) electrons. The van der Waals surface area contributed by atoms with Crippen LogP contribution in [-0.2, 0) is 6.54 Å². The summed E-state index contributed by atoms with van der Waals surface area (Å²) in [5.74, 6) is -1.46. The number of hydrogen-bond acceptors (Lipinski definition) is 7. The Balaban J connectivity index is 3.12. The number of benzene rings is 1. The van der Waals surface area contributed by atoms with E-state index in [2.05, 4.69) is 5.32 Å². The quantitative estimate of drug-likeness (QED) is 0.306. The summed E-state index contributed by atoms with van der Waals surface area (Å²) in [6.45, 7) is -1.93. The molecule has 21 heavy (non-hydrogen) atoms. The van der Waals surface area contributed by atoms with Gasteiger partial charge in [-0.3, -0.25) is 10.1 Å². The molecule has 0 aliphatic heterocycles. The zero-order chi connectivity index (χ0) is 16.0. The Morgan fingerprint density at radius 2 is 1.81 bits per heavy atom. The maximum Gasteiger partial charge on any atom is 0.343 e. The highest BCUT2D eigenvalue weighted by Crippen LogP contribution is 2.22. The van der Waals surface area contributed by atoms with Crippen LogP contribution in [0.25, 0.3) is 0 Å². The van der Waals surface area contributed by atoms with Gasteiger partial charge in [-0.1, -0.05) is 12.1 Å². The first-order valence-electron chi connectivity index (χ1n) is 5.98. The zero-order valence-electron chi connectivity index (χ0n) is 11.0. The standard InChI is InChI=1S/C12H16N2O7/c15-5-12(6-16,7-17)13-4-8-2-1-3-9(14(20)21)10(8)11(18)19/h1-3,13,15-17H,4-7H2,(H,18,19). The highest BCUT2D eigenvalue weighted by Gasteiger charge is 2.29. The molecule has 0 aromatic heterocycles. The Bertz CT molecular complexity index is 520. The molecule has 0 amide bonds. The number of nitrogens with one attached hydrogen (secondary N) is 1. The van der Waals surface area contributed by atoms with Crippen LogP contribution in [0.4, 0.5) is 5.69 Å². The Labute approximate surface area is 119 Å². The summed E-state index contributed by atoms with van der Waals surface area (Å²) in [5.41, 5.74) is -2.32. The third-order valence-electron chi connectivity index (χ3n) is 3.10. The molecular formula is C12H16N2O7. The molecule has 0 heterocycles. The van der Waals surface area contributed by atoms with Crippen molar-refractivity contribution >= 4 is 11.7 Å². The summed E-state index contributed by atoms with van der Waals surface area (Å²) in [7, 11) is 0. The first kappa shape index (κ1) is 17.0. The lowest BCUT2D eigenvalue weighted by Gasteiger charge is -2.29. The van der Waals surface area contributed by atoms with Crippen molar-refractivity contribution in [1.82, 2.24) is 5.32 Å². The smallest absolute Gasteiger partial charge is 0.343 e. The Hall–Kier alpha value is -2.07. The van der Waals surface area contributed by atoms with E-state index < -0.39 is 47.5 Å². The van der Waals surface area contributed by atoms with Crippen LogP contribution in [0.2, 0.25) is 0 Å².